The zero-order valence-corrected chi connectivity index (χ0v) is 20.1. The van der Waals surface area contributed by atoms with Crippen LogP contribution in [0, 0.1) is 5.41 Å². The molecule has 2 heterocycles. The number of anilines is 2. The Morgan fingerprint density at radius 2 is 1.89 bits per heavy atom. The molecule has 0 saturated carbocycles. The molecule has 3 aromatic rings. The van der Waals surface area contributed by atoms with Crippen LogP contribution in [0.3, 0.4) is 0 Å². The molecule has 1 saturated heterocycles. The highest BCUT2D eigenvalue weighted by molar-refractivity contribution is 6.06. The van der Waals surface area contributed by atoms with Gasteiger partial charge in [0.25, 0.3) is 5.91 Å². The van der Waals surface area contributed by atoms with E-state index in [1.807, 2.05) is 50.2 Å². The highest BCUT2D eigenvalue weighted by Gasteiger charge is 2.37. The lowest BCUT2D eigenvalue weighted by Gasteiger charge is -2.27. The Morgan fingerprint density at radius 1 is 1.09 bits per heavy atom. The highest BCUT2D eigenvalue weighted by Crippen LogP contribution is 2.39. The van der Waals surface area contributed by atoms with Gasteiger partial charge in [-0.3, -0.25) is 9.59 Å². The van der Waals surface area contributed by atoms with Gasteiger partial charge in [0.1, 0.15) is 5.82 Å². The quantitative estimate of drug-likeness (QED) is 0.584. The number of amides is 1. The Hall–Kier alpha value is -3.55. The third-order valence-electron chi connectivity index (χ3n) is 6.84. The fourth-order valence-electron chi connectivity index (χ4n) is 4.88. The van der Waals surface area contributed by atoms with Crippen LogP contribution >= 0.6 is 0 Å². The highest BCUT2D eigenvalue weighted by atomic mass is 16.5. The monoisotopic (exact) mass is 470 g/mol. The number of hydrogen-bond donors (Lipinski definition) is 2. The summed E-state index contributed by atoms with van der Waals surface area (Å²) in [5, 5.41) is 3.02. The van der Waals surface area contributed by atoms with Crippen molar-refractivity contribution in [3.8, 4) is 11.1 Å². The molecule has 0 atom stereocenters. The molecule has 1 aliphatic heterocycles. The normalized spacial score (nSPS) is 16.8. The summed E-state index contributed by atoms with van der Waals surface area (Å²) in [6.45, 7) is 7.17. The minimum absolute atomic E-state index is 0.188. The number of Topliss-reactive ketones (excluding diaryl/α,β-unsaturated/α-hetero) is 1. The average molecular weight is 471 g/mol. The van der Waals surface area contributed by atoms with Crippen LogP contribution in [-0.2, 0) is 17.7 Å². The first-order valence-electron chi connectivity index (χ1n) is 12.0. The van der Waals surface area contributed by atoms with Crippen molar-refractivity contribution in [2.75, 3.05) is 36.5 Å². The van der Waals surface area contributed by atoms with Crippen LogP contribution in [0.25, 0.3) is 11.1 Å². The second-order valence-corrected chi connectivity index (χ2v) is 9.79. The summed E-state index contributed by atoms with van der Waals surface area (Å²) in [5.41, 5.74) is 11.7. The summed E-state index contributed by atoms with van der Waals surface area (Å²) >= 11 is 0. The van der Waals surface area contributed by atoms with E-state index in [1.165, 1.54) is 0 Å². The second kappa shape index (κ2) is 9.24. The maximum atomic E-state index is 13.1. The molecule has 1 amide bonds. The number of nitrogens with zero attached hydrogens (tertiary/aromatic N) is 2. The van der Waals surface area contributed by atoms with Gasteiger partial charge in [-0.25, -0.2) is 4.98 Å². The molecule has 2 aliphatic rings. The fraction of sp³-hybridized carbons (Fsp3) is 0.321. The van der Waals surface area contributed by atoms with E-state index < -0.39 is 0 Å². The van der Waals surface area contributed by atoms with Crippen molar-refractivity contribution in [1.29, 1.82) is 0 Å². The van der Waals surface area contributed by atoms with Crippen molar-refractivity contribution >= 4 is 23.2 Å². The van der Waals surface area contributed by atoms with Gasteiger partial charge in [-0.15, -0.1) is 0 Å². The van der Waals surface area contributed by atoms with Crippen molar-refractivity contribution in [2.45, 2.75) is 26.8 Å². The van der Waals surface area contributed by atoms with Gasteiger partial charge >= 0.3 is 0 Å². The number of nitrogens with one attached hydrogen (secondary N) is 1. The Labute approximate surface area is 205 Å². The number of aromatic nitrogens is 1. The van der Waals surface area contributed by atoms with Crippen LogP contribution in [0.4, 0.5) is 11.5 Å². The molecule has 7 nitrogen and oxygen atoms in total. The van der Waals surface area contributed by atoms with Crippen LogP contribution < -0.4 is 16.0 Å². The summed E-state index contributed by atoms with van der Waals surface area (Å²) in [6, 6.07) is 15.3. The molecule has 1 fully saturated rings. The number of ketones is 1. The van der Waals surface area contributed by atoms with E-state index in [1.54, 1.807) is 12.3 Å². The Bertz CT molecular complexity index is 1300. The van der Waals surface area contributed by atoms with Crippen molar-refractivity contribution in [3.05, 3.63) is 77.0 Å². The van der Waals surface area contributed by atoms with Crippen LogP contribution in [0.15, 0.2) is 54.7 Å². The van der Waals surface area contributed by atoms with E-state index in [4.69, 9.17) is 10.5 Å². The van der Waals surface area contributed by atoms with Gasteiger partial charge in [0.15, 0.2) is 5.78 Å². The van der Waals surface area contributed by atoms with Crippen LogP contribution in [0.2, 0.25) is 0 Å². The lowest BCUT2D eigenvalue weighted by Crippen LogP contribution is -2.36. The predicted molar refractivity (Wildman–Crippen MR) is 137 cm³/mol. The van der Waals surface area contributed by atoms with Crippen LogP contribution in [0.5, 0.6) is 0 Å². The van der Waals surface area contributed by atoms with Gasteiger partial charge in [0, 0.05) is 48.1 Å². The first kappa shape index (κ1) is 23.2. The summed E-state index contributed by atoms with van der Waals surface area (Å²) in [4.78, 5) is 32.3. The maximum Gasteiger partial charge on any atom is 0.255 e. The average Bonchev–Trinajstić information content (AvgIpc) is 3.11. The van der Waals surface area contributed by atoms with Crippen LogP contribution in [-0.4, -0.2) is 43.0 Å². The molecule has 0 unspecified atom stereocenters. The zero-order valence-electron chi connectivity index (χ0n) is 20.1. The van der Waals surface area contributed by atoms with Crippen molar-refractivity contribution in [1.82, 2.24) is 4.98 Å². The molecular formula is C28H30N4O3. The molecule has 3 N–H and O–H groups in total. The van der Waals surface area contributed by atoms with Gasteiger partial charge in [0.2, 0.25) is 0 Å². The standard InChI is InChI=1S/C28H30N4O3/c1-28(2)16-21-13-18(4-6-23(21)26(28)33)24-15-22(5-3-20(24)17-29)31-27(34)19-7-8-30-25(14-19)32-9-11-35-12-10-32/h3-8,13-15H,9-12,16-17,29H2,1-2H3,(H,31,34). The van der Waals surface area contributed by atoms with Gasteiger partial charge in [-0.1, -0.05) is 38.1 Å². The van der Waals surface area contributed by atoms with E-state index in [2.05, 4.69) is 21.3 Å². The van der Waals surface area contributed by atoms with Gasteiger partial charge in [0.05, 0.1) is 13.2 Å². The topological polar surface area (TPSA) is 97.6 Å². The number of rotatable bonds is 5. The number of carbonyl (C=O) groups excluding carboxylic acids is 2. The van der Waals surface area contributed by atoms with E-state index in [9.17, 15) is 9.59 Å². The molecule has 0 spiro atoms. The Morgan fingerprint density at radius 3 is 2.66 bits per heavy atom. The van der Waals surface area contributed by atoms with Crippen LogP contribution in [0.1, 0.15) is 45.7 Å². The van der Waals surface area contributed by atoms with Crippen molar-refractivity contribution in [2.24, 2.45) is 11.1 Å². The molecule has 0 bridgehead atoms. The first-order chi connectivity index (χ1) is 16.9. The summed E-state index contributed by atoms with van der Waals surface area (Å²) in [5.74, 6) is 0.762. The molecule has 0 radical (unpaired) electrons. The molecule has 180 valence electrons. The third-order valence-corrected chi connectivity index (χ3v) is 6.84. The van der Waals surface area contributed by atoms with Gasteiger partial charge in [-0.2, -0.15) is 0 Å². The number of pyridine rings is 1. The lowest BCUT2D eigenvalue weighted by atomic mass is 9.89. The minimum atomic E-state index is -0.377. The van der Waals surface area contributed by atoms with E-state index in [0.29, 0.717) is 31.0 Å². The maximum absolute atomic E-state index is 13.1. The predicted octanol–water partition coefficient (Wildman–Crippen LogP) is 4.06. The second-order valence-electron chi connectivity index (χ2n) is 9.79. The number of nitrogens with two attached hydrogens (primary N) is 1. The van der Waals surface area contributed by atoms with Gasteiger partial charge in [-0.05, 0) is 52.9 Å². The molecule has 7 heteroatoms. The molecule has 5 rings (SSSR count). The van der Waals surface area contributed by atoms with E-state index in [-0.39, 0.29) is 17.1 Å². The summed E-state index contributed by atoms with van der Waals surface area (Å²) in [6.07, 6.45) is 2.38. The molecule has 2 aromatic carbocycles. The molecule has 35 heavy (non-hydrogen) atoms. The largest absolute Gasteiger partial charge is 0.378 e. The number of ether oxygens (including phenoxy) is 1. The van der Waals surface area contributed by atoms with Crippen molar-refractivity contribution in [3.63, 3.8) is 0 Å². The molecular weight excluding hydrogens is 440 g/mol. The Balaban J connectivity index is 1.40. The summed E-state index contributed by atoms with van der Waals surface area (Å²) in [7, 11) is 0. The molecule has 1 aromatic heterocycles. The minimum Gasteiger partial charge on any atom is -0.378 e. The van der Waals surface area contributed by atoms with E-state index >= 15 is 0 Å². The Kier molecular flexibility index (Phi) is 6.13. The third kappa shape index (κ3) is 4.57. The fourth-order valence-corrected chi connectivity index (χ4v) is 4.88. The number of carbonyl (C=O) groups is 2. The van der Waals surface area contributed by atoms with E-state index in [0.717, 1.165) is 53.1 Å². The SMILES string of the molecule is CC1(C)Cc2cc(-c3cc(NC(=O)c4ccnc(N5CCOCC5)c4)ccc3CN)ccc2C1=O. The number of fused-ring (bicyclic) bond motifs is 1. The number of benzene rings is 2. The smallest absolute Gasteiger partial charge is 0.255 e. The lowest BCUT2D eigenvalue weighted by molar-refractivity contribution is 0.0863. The van der Waals surface area contributed by atoms with Gasteiger partial charge < -0.3 is 20.7 Å². The summed E-state index contributed by atoms with van der Waals surface area (Å²) < 4.78 is 5.41. The van der Waals surface area contributed by atoms with Crippen molar-refractivity contribution < 1.29 is 14.3 Å². The zero-order chi connectivity index (χ0) is 24.6. The number of hydrogen-bond acceptors (Lipinski definition) is 6. The first-order valence-corrected chi connectivity index (χ1v) is 12.0. The molecule has 1 aliphatic carbocycles. The number of morpholine rings is 1.